The highest BCUT2D eigenvalue weighted by molar-refractivity contribution is 5.96. The van der Waals surface area contributed by atoms with E-state index in [4.69, 9.17) is 0 Å². The topological polar surface area (TPSA) is 61.4 Å². The average Bonchev–Trinajstić information content (AvgIpc) is 2.55. The Hall–Kier alpha value is -1.88. The van der Waals surface area contributed by atoms with Crippen LogP contribution >= 0.6 is 0 Å². The summed E-state index contributed by atoms with van der Waals surface area (Å²) in [7, 11) is 3.61. The van der Waals surface area contributed by atoms with Crippen molar-refractivity contribution in [3.05, 3.63) is 29.8 Å². The summed E-state index contributed by atoms with van der Waals surface area (Å²) in [5.74, 6) is -0.143. The van der Waals surface area contributed by atoms with E-state index in [-0.39, 0.29) is 11.8 Å². The van der Waals surface area contributed by atoms with Gasteiger partial charge in [0, 0.05) is 24.3 Å². The molecule has 1 aromatic rings. The van der Waals surface area contributed by atoms with Crippen molar-refractivity contribution in [2.75, 3.05) is 26.0 Å². The van der Waals surface area contributed by atoms with Crippen molar-refractivity contribution in [1.82, 2.24) is 10.2 Å². The lowest BCUT2D eigenvalue weighted by Crippen LogP contribution is -2.39. The number of benzene rings is 1. The monoisotopic (exact) mass is 303 g/mol. The standard InChI is InChI=1S/C17H25N3O2/c1-18-17(22)13-8-10-14(11-9-13)19-16(21)12-20(2)15-6-4-3-5-7-15/h8-11,15H,3-7,12H2,1-2H3,(H,18,22)(H,19,21). The third-order valence-electron chi connectivity index (χ3n) is 4.25. The summed E-state index contributed by atoms with van der Waals surface area (Å²) in [6.07, 6.45) is 6.21. The number of nitrogens with one attached hydrogen (secondary N) is 2. The second-order valence-electron chi connectivity index (χ2n) is 5.91. The molecule has 1 aliphatic carbocycles. The van der Waals surface area contributed by atoms with Crippen molar-refractivity contribution < 1.29 is 9.59 Å². The Balaban J connectivity index is 1.84. The largest absolute Gasteiger partial charge is 0.355 e. The van der Waals surface area contributed by atoms with E-state index in [1.807, 2.05) is 7.05 Å². The molecule has 1 aromatic carbocycles. The minimum Gasteiger partial charge on any atom is -0.355 e. The first-order valence-electron chi connectivity index (χ1n) is 7.92. The maximum atomic E-state index is 12.1. The Morgan fingerprint density at radius 1 is 1.14 bits per heavy atom. The third-order valence-corrected chi connectivity index (χ3v) is 4.25. The molecule has 22 heavy (non-hydrogen) atoms. The van der Waals surface area contributed by atoms with Gasteiger partial charge in [-0.15, -0.1) is 0 Å². The Morgan fingerprint density at radius 3 is 2.36 bits per heavy atom. The van der Waals surface area contributed by atoms with Gasteiger partial charge in [-0.2, -0.15) is 0 Å². The van der Waals surface area contributed by atoms with Crippen LogP contribution in [0.5, 0.6) is 0 Å². The average molecular weight is 303 g/mol. The first-order valence-corrected chi connectivity index (χ1v) is 7.92. The molecule has 1 aliphatic rings. The van der Waals surface area contributed by atoms with Crippen LogP contribution in [-0.2, 0) is 4.79 Å². The highest BCUT2D eigenvalue weighted by Crippen LogP contribution is 2.21. The molecule has 0 radical (unpaired) electrons. The van der Waals surface area contributed by atoms with E-state index in [0.29, 0.717) is 18.2 Å². The lowest BCUT2D eigenvalue weighted by Gasteiger charge is -2.30. The van der Waals surface area contributed by atoms with Crippen molar-refractivity contribution in [2.45, 2.75) is 38.1 Å². The van der Waals surface area contributed by atoms with E-state index in [0.717, 1.165) is 5.69 Å². The van der Waals surface area contributed by atoms with Crippen LogP contribution in [-0.4, -0.2) is 43.4 Å². The van der Waals surface area contributed by atoms with Crippen molar-refractivity contribution in [1.29, 1.82) is 0 Å². The maximum absolute atomic E-state index is 12.1. The predicted octanol–water partition coefficient (Wildman–Crippen LogP) is 2.25. The second kappa shape index (κ2) is 7.94. The molecule has 2 N–H and O–H groups in total. The number of carbonyl (C=O) groups is 2. The van der Waals surface area contributed by atoms with Crippen LogP contribution in [0.2, 0.25) is 0 Å². The lowest BCUT2D eigenvalue weighted by molar-refractivity contribution is -0.117. The van der Waals surface area contributed by atoms with Crippen LogP contribution in [0.15, 0.2) is 24.3 Å². The predicted molar refractivity (Wildman–Crippen MR) is 88.0 cm³/mol. The quantitative estimate of drug-likeness (QED) is 0.877. The summed E-state index contributed by atoms with van der Waals surface area (Å²) < 4.78 is 0. The van der Waals surface area contributed by atoms with Gasteiger partial charge in [0.25, 0.3) is 5.91 Å². The Kier molecular flexibility index (Phi) is 5.95. The molecule has 0 saturated heterocycles. The molecule has 5 heteroatoms. The van der Waals surface area contributed by atoms with Crippen LogP contribution in [0.3, 0.4) is 0 Å². The summed E-state index contributed by atoms with van der Waals surface area (Å²) in [6.45, 7) is 0.405. The SMILES string of the molecule is CNC(=O)c1ccc(NC(=O)CN(C)C2CCCCC2)cc1. The molecule has 0 bridgehead atoms. The summed E-state index contributed by atoms with van der Waals surface area (Å²) in [6, 6.07) is 7.44. The molecule has 5 nitrogen and oxygen atoms in total. The number of carbonyl (C=O) groups excluding carboxylic acids is 2. The van der Waals surface area contributed by atoms with Gasteiger partial charge in [0.2, 0.25) is 5.91 Å². The summed E-state index contributed by atoms with van der Waals surface area (Å²) in [5.41, 5.74) is 1.30. The second-order valence-corrected chi connectivity index (χ2v) is 5.91. The molecule has 0 atom stereocenters. The zero-order valence-electron chi connectivity index (χ0n) is 13.4. The fourth-order valence-electron chi connectivity index (χ4n) is 2.93. The summed E-state index contributed by atoms with van der Waals surface area (Å²) >= 11 is 0. The number of amides is 2. The molecule has 0 heterocycles. The number of hydrogen-bond donors (Lipinski definition) is 2. The van der Waals surface area contributed by atoms with Gasteiger partial charge in [0.05, 0.1) is 6.54 Å². The van der Waals surface area contributed by atoms with Crippen LogP contribution in [0.1, 0.15) is 42.5 Å². The molecule has 0 spiro atoms. The maximum Gasteiger partial charge on any atom is 0.251 e. The van der Waals surface area contributed by atoms with Gasteiger partial charge in [0.1, 0.15) is 0 Å². The Morgan fingerprint density at radius 2 is 1.77 bits per heavy atom. The van der Waals surface area contributed by atoms with Crippen LogP contribution < -0.4 is 10.6 Å². The first-order chi connectivity index (χ1) is 10.6. The van der Waals surface area contributed by atoms with E-state index in [1.54, 1.807) is 31.3 Å². The van der Waals surface area contributed by atoms with Gasteiger partial charge in [-0.1, -0.05) is 19.3 Å². The van der Waals surface area contributed by atoms with Gasteiger partial charge in [-0.3, -0.25) is 14.5 Å². The zero-order valence-corrected chi connectivity index (χ0v) is 13.4. The summed E-state index contributed by atoms with van der Waals surface area (Å²) in [4.78, 5) is 25.7. The van der Waals surface area contributed by atoms with Gasteiger partial charge >= 0.3 is 0 Å². The van der Waals surface area contributed by atoms with E-state index in [2.05, 4.69) is 15.5 Å². The number of likely N-dealkylation sites (N-methyl/N-ethyl adjacent to an activating group) is 1. The van der Waals surface area contributed by atoms with Gasteiger partial charge in [-0.25, -0.2) is 0 Å². The number of rotatable bonds is 5. The fourth-order valence-corrected chi connectivity index (χ4v) is 2.93. The van der Waals surface area contributed by atoms with Crippen molar-refractivity contribution in [2.24, 2.45) is 0 Å². The lowest BCUT2D eigenvalue weighted by atomic mass is 9.94. The van der Waals surface area contributed by atoms with Crippen molar-refractivity contribution in [3.63, 3.8) is 0 Å². The van der Waals surface area contributed by atoms with E-state index in [9.17, 15) is 9.59 Å². The van der Waals surface area contributed by atoms with E-state index >= 15 is 0 Å². The molecule has 1 fully saturated rings. The molecular formula is C17H25N3O2. The van der Waals surface area contributed by atoms with Gasteiger partial charge in [0.15, 0.2) is 0 Å². The van der Waals surface area contributed by atoms with E-state index in [1.165, 1.54) is 32.1 Å². The number of anilines is 1. The normalized spacial score (nSPS) is 15.6. The number of nitrogens with zero attached hydrogens (tertiary/aromatic N) is 1. The molecule has 0 unspecified atom stereocenters. The first kappa shape index (κ1) is 16.5. The molecular weight excluding hydrogens is 278 g/mol. The summed E-state index contributed by atoms with van der Waals surface area (Å²) in [5, 5.41) is 5.45. The van der Waals surface area contributed by atoms with Crippen LogP contribution in [0, 0.1) is 0 Å². The highest BCUT2D eigenvalue weighted by Gasteiger charge is 2.19. The van der Waals surface area contributed by atoms with Crippen molar-refractivity contribution in [3.8, 4) is 0 Å². The van der Waals surface area contributed by atoms with E-state index < -0.39 is 0 Å². The Bertz CT molecular complexity index is 507. The number of hydrogen-bond acceptors (Lipinski definition) is 3. The molecule has 0 aliphatic heterocycles. The molecule has 0 aromatic heterocycles. The van der Waals surface area contributed by atoms with Crippen LogP contribution in [0.25, 0.3) is 0 Å². The molecule has 1 saturated carbocycles. The molecule has 2 amide bonds. The van der Waals surface area contributed by atoms with Gasteiger partial charge < -0.3 is 10.6 Å². The zero-order chi connectivity index (χ0) is 15.9. The van der Waals surface area contributed by atoms with Crippen molar-refractivity contribution >= 4 is 17.5 Å². The highest BCUT2D eigenvalue weighted by atomic mass is 16.2. The molecule has 2 rings (SSSR count). The molecule has 120 valence electrons. The minimum absolute atomic E-state index is 0.0132. The minimum atomic E-state index is -0.130. The third kappa shape index (κ3) is 4.56. The Labute approximate surface area is 132 Å². The van der Waals surface area contributed by atoms with Gasteiger partial charge in [-0.05, 0) is 44.2 Å². The fraction of sp³-hybridized carbons (Fsp3) is 0.529. The van der Waals surface area contributed by atoms with Crippen LogP contribution in [0.4, 0.5) is 5.69 Å². The smallest absolute Gasteiger partial charge is 0.251 e.